The monoisotopic (exact) mass is 393 g/mol. The molecule has 0 aliphatic carbocycles. The first-order valence-electron chi connectivity index (χ1n) is 9.51. The summed E-state index contributed by atoms with van der Waals surface area (Å²) < 4.78 is 0. The molecule has 0 aliphatic heterocycles. The van der Waals surface area contributed by atoms with Crippen molar-refractivity contribution in [3.8, 4) is 23.1 Å². The van der Waals surface area contributed by atoms with Gasteiger partial charge in [-0.1, -0.05) is 48.0 Å². The molecule has 0 saturated carbocycles. The van der Waals surface area contributed by atoms with Crippen molar-refractivity contribution in [1.29, 1.82) is 5.26 Å². The lowest BCUT2D eigenvalue weighted by Crippen LogP contribution is -2.08. The fourth-order valence-corrected chi connectivity index (χ4v) is 3.40. The number of hydrogen-bond donors (Lipinski definition) is 2. The third-order valence-corrected chi connectivity index (χ3v) is 4.96. The number of rotatable bonds is 4. The van der Waals surface area contributed by atoms with E-state index in [1.807, 2.05) is 61.5 Å². The number of aryl methyl sites for hydroxylation is 1. The van der Waals surface area contributed by atoms with E-state index in [1.165, 1.54) is 0 Å². The van der Waals surface area contributed by atoms with Crippen LogP contribution >= 0.6 is 0 Å². The van der Waals surface area contributed by atoms with E-state index >= 15 is 0 Å². The number of aromatic nitrogens is 1. The van der Waals surface area contributed by atoms with Gasteiger partial charge in [0.2, 0.25) is 5.88 Å². The Kier molecular flexibility index (Phi) is 5.15. The van der Waals surface area contributed by atoms with Gasteiger partial charge in [-0.15, -0.1) is 0 Å². The number of aromatic amines is 1. The third kappa shape index (κ3) is 3.85. The molecule has 1 aromatic heterocycles. The molecule has 2 N–H and O–H groups in total. The number of fused-ring (bicyclic) bond motifs is 1. The summed E-state index contributed by atoms with van der Waals surface area (Å²) in [5.74, 6) is -0.223. The van der Waals surface area contributed by atoms with E-state index in [-0.39, 0.29) is 11.4 Å². The normalized spacial score (nSPS) is 11.1. The quantitative estimate of drug-likeness (QED) is 0.477. The van der Waals surface area contributed by atoms with Crippen LogP contribution in [-0.2, 0) is 6.42 Å². The van der Waals surface area contributed by atoms with E-state index in [9.17, 15) is 9.90 Å². The molecule has 0 spiro atoms. The average Bonchev–Trinajstić information content (AvgIpc) is 2.74. The molecule has 146 valence electrons. The molecule has 5 heteroatoms. The summed E-state index contributed by atoms with van der Waals surface area (Å²) in [6.07, 6.45) is 1.89. The Morgan fingerprint density at radius 1 is 1.03 bits per heavy atom. The second-order valence-corrected chi connectivity index (χ2v) is 7.11. The summed E-state index contributed by atoms with van der Waals surface area (Å²) in [4.78, 5) is 19.3. The highest BCUT2D eigenvalue weighted by Gasteiger charge is 2.11. The fourth-order valence-electron chi connectivity index (χ4n) is 3.40. The van der Waals surface area contributed by atoms with Crippen molar-refractivity contribution in [2.45, 2.75) is 13.3 Å². The Labute approximate surface area is 173 Å². The second-order valence-electron chi connectivity index (χ2n) is 7.11. The molecule has 0 unspecified atom stereocenters. The number of nitriles is 1. The lowest BCUT2D eigenvalue weighted by molar-refractivity contribution is 0.452. The smallest absolute Gasteiger partial charge is 0.258 e. The molecule has 0 aliphatic rings. The van der Waals surface area contributed by atoms with Crippen LogP contribution in [-0.4, -0.2) is 16.3 Å². The summed E-state index contributed by atoms with van der Waals surface area (Å²) in [7, 11) is 0. The molecular formula is C25H19N3O2. The minimum Gasteiger partial charge on any atom is -0.494 e. The predicted octanol–water partition coefficient (Wildman–Crippen LogP) is 5.03. The summed E-state index contributed by atoms with van der Waals surface area (Å²) in [5.41, 5.74) is 4.82. The van der Waals surface area contributed by atoms with E-state index in [2.05, 4.69) is 22.1 Å². The highest BCUT2D eigenvalue weighted by molar-refractivity contribution is 6.03. The first-order chi connectivity index (χ1) is 14.5. The first kappa shape index (κ1) is 19.2. The van der Waals surface area contributed by atoms with Crippen molar-refractivity contribution < 1.29 is 5.11 Å². The Morgan fingerprint density at radius 3 is 2.53 bits per heavy atom. The van der Waals surface area contributed by atoms with Gasteiger partial charge in [-0.25, -0.2) is 0 Å². The summed E-state index contributed by atoms with van der Waals surface area (Å²) in [6, 6.07) is 23.1. The zero-order valence-corrected chi connectivity index (χ0v) is 16.4. The van der Waals surface area contributed by atoms with Gasteiger partial charge in [-0.05, 0) is 47.9 Å². The van der Waals surface area contributed by atoms with Crippen molar-refractivity contribution in [1.82, 2.24) is 4.98 Å². The van der Waals surface area contributed by atoms with E-state index < -0.39 is 0 Å². The van der Waals surface area contributed by atoms with Crippen LogP contribution in [0.15, 0.2) is 76.5 Å². The highest BCUT2D eigenvalue weighted by atomic mass is 16.3. The van der Waals surface area contributed by atoms with E-state index in [1.54, 1.807) is 12.3 Å². The number of benzene rings is 3. The molecule has 4 rings (SSSR count). The van der Waals surface area contributed by atoms with Crippen LogP contribution in [0.25, 0.3) is 21.9 Å². The Balaban J connectivity index is 1.81. The topological polar surface area (TPSA) is 89.2 Å². The largest absolute Gasteiger partial charge is 0.494 e. The molecule has 0 amide bonds. The van der Waals surface area contributed by atoms with Crippen LogP contribution in [0.1, 0.15) is 16.7 Å². The van der Waals surface area contributed by atoms with Crippen molar-refractivity contribution in [2.24, 2.45) is 4.99 Å². The maximum atomic E-state index is 12.3. The number of aromatic hydroxyl groups is 1. The van der Waals surface area contributed by atoms with Crippen LogP contribution < -0.4 is 5.56 Å². The number of nitrogens with zero attached hydrogens (tertiary/aromatic N) is 2. The molecule has 0 fully saturated rings. The number of pyridine rings is 1. The number of hydrogen-bond acceptors (Lipinski definition) is 4. The van der Waals surface area contributed by atoms with Crippen molar-refractivity contribution in [3.05, 3.63) is 93.8 Å². The SMILES string of the molecule is Cc1cccc(-c2ccc3c(=O)[nH]c(O)c(C=Nc4ccc(CC#N)cc4)c3c2)c1. The van der Waals surface area contributed by atoms with Gasteiger partial charge in [-0.2, -0.15) is 5.26 Å². The standard InChI is InChI=1S/C25H19N3O2/c1-16-3-2-4-18(13-16)19-7-10-21-22(14-19)23(25(30)28-24(21)29)15-27-20-8-5-17(6-9-20)11-12-26/h2-10,13-15H,11H2,1H3,(H2,28,29,30). The van der Waals surface area contributed by atoms with Gasteiger partial charge in [0.05, 0.1) is 23.7 Å². The number of aliphatic imine (C=N–C) groups is 1. The van der Waals surface area contributed by atoms with Crippen LogP contribution in [0.5, 0.6) is 5.88 Å². The molecular weight excluding hydrogens is 374 g/mol. The molecule has 1 heterocycles. The molecule has 4 aromatic rings. The number of H-pyrrole nitrogens is 1. The van der Waals surface area contributed by atoms with Gasteiger partial charge in [-0.3, -0.25) is 14.8 Å². The zero-order valence-electron chi connectivity index (χ0n) is 16.4. The molecule has 0 saturated heterocycles. The summed E-state index contributed by atoms with van der Waals surface area (Å²) >= 11 is 0. The van der Waals surface area contributed by atoms with E-state index in [4.69, 9.17) is 5.26 Å². The Bertz CT molecular complexity index is 1360. The average molecular weight is 393 g/mol. The van der Waals surface area contributed by atoms with Gasteiger partial charge in [0.1, 0.15) is 0 Å². The van der Waals surface area contributed by atoms with E-state index in [0.717, 1.165) is 22.3 Å². The Hall–Kier alpha value is -4.17. The zero-order chi connectivity index (χ0) is 21.1. The van der Waals surface area contributed by atoms with Crippen molar-refractivity contribution >= 4 is 22.7 Å². The summed E-state index contributed by atoms with van der Waals surface area (Å²) in [6.45, 7) is 2.03. The van der Waals surface area contributed by atoms with Gasteiger partial charge >= 0.3 is 0 Å². The van der Waals surface area contributed by atoms with Crippen LogP contribution in [0.3, 0.4) is 0 Å². The van der Waals surface area contributed by atoms with E-state index in [0.29, 0.717) is 28.4 Å². The molecule has 0 bridgehead atoms. The van der Waals surface area contributed by atoms with Crippen molar-refractivity contribution in [2.75, 3.05) is 0 Å². The highest BCUT2D eigenvalue weighted by Crippen LogP contribution is 2.28. The summed E-state index contributed by atoms with van der Waals surface area (Å²) in [5, 5.41) is 20.3. The van der Waals surface area contributed by atoms with Gasteiger partial charge in [0.25, 0.3) is 5.56 Å². The van der Waals surface area contributed by atoms with Crippen LogP contribution in [0.2, 0.25) is 0 Å². The number of nitrogens with one attached hydrogen (secondary N) is 1. The van der Waals surface area contributed by atoms with Crippen molar-refractivity contribution in [3.63, 3.8) is 0 Å². The maximum absolute atomic E-state index is 12.3. The van der Waals surface area contributed by atoms with Crippen LogP contribution in [0, 0.1) is 18.3 Å². The second kappa shape index (κ2) is 8.06. The first-order valence-corrected chi connectivity index (χ1v) is 9.51. The van der Waals surface area contributed by atoms with Gasteiger partial charge < -0.3 is 5.11 Å². The fraction of sp³-hybridized carbons (Fsp3) is 0.0800. The predicted molar refractivity (Wildman–Crippen MR) is 119 cm³/mol. The van der Waals surface area contributed by atoms with Gasteiger partial charge in [0.15, 0.2) is 0 Å². The minimum atomic E-state index is -0.351. The third-order valence-electron chi connectivity index (χ3n) is 4.96. The molecule has 0 radical (unpaired) electrons. The Morgan fingerprint density at radius 2 is 1.80 bits per heavy atom. The molecule has 3 aromatic carbocycles. The molecule has 30 heavy (non-hydrogen) atoms. The minimum absolute atomic E-state index is 0.223. The molecule has 5 nitrogen and oxygen atoms in total. The molecule has 0 atom stereocenters. The lowest BCUT2D eigenvalue weighted by atomic mass is 9.98. The maximum Gasteiger partial charge on any atom is 0.258 e. The lowest BCUT2D eigenvalue weighted by Gasteiger charge is -2.08. The van der Waals surface area contributed by atoms with Crippen LogP contribution in [0.4, 0.5) is 5.69 Å². The van der Waals surface area contributed by atoms with Gasteiger partial charge in [0, 0.05) is 17.0 Å².